The van der Waals surface area contributed by atoms with Gasteiger partial charge in [0.15, 0.2) is 0 Å². The van der Waals surface area contributed by atoms with Gasteiger partial charge >= 0.3 is 0 Å². The van der Waals surface area contributed by atoms with Gasteiger partial charge in [-0.25, -0.2) is 10.5 Å². The SMILES string of the molecule is Cc1cnn(CC(C)(C)C(=O)NN)c(=O)c1. The molecule has 88 valence electrons. The van der Waals surface area contributed by atoms with Gasteiger partial charge in [0.05, 0.1) is 18.2 Å². The first kappa shape index (κ1) is 12.4. The molecule has 1 aromatic heterocycles. The number of aryl methyl sites for hydroxylation is 1. The number of nitrogens with one attached hydrogen (secondary N) is 1. The van der Waals surface area contributed by atoms with Gasteiger partial charge in [-0.3, -0.25) is 15.0 Å². The summed E-state index contributed by atoms with van der Waals surface area (Å²) in [5.74, 6) is 4.73. The molecule has 6 nitrogen and oxygen atoms in total. The number of aromatic nitrogens is 2. The number of hydrogen-bond acceptors (Lipinski definition) is 4. The summed E-state index contributed by atoms with van der Waals surface area (Å²) in [7, 11) is 0. The van der Waals surface area contributed by atoms with Gasteiger partial charge in [-0.05, 0) is 26.3 Å². The van der Waals surface area contributed by atoms with E-state index in [0.717, 1.165) is 5.56 Å². The van der Waals surface area contributed by atoms with Crippen molar-refractivity contribution in [2.45, 2.75) is 27.3 Å². The standard InChI is InChI=1S/C10H16N4O2/c1-7-4-8(15)14(12-5-7)6-10(2,3)9(16)13-11/h4-5H,6,11H2,1-3H3,(H,13,16). The van der Waals surface area contributed by atoms with Crippen LogP contribution in [0.15, 0.2) is 17.1 Å². The monoisotopic (exact) mass is 224 g/mol. The Hall–Kier alpha value is -1.69. The third-order valence-electron chi connectivity index (χ3n) is 2.30. The zero-order chi connectivity index (χ0) is 12.3. The summed E-state index contributed by atoms with van der Waals surface area (Å²) in [6, 6.07) is 1.48. The first-order valence-corrected chi connectivity index (χ1v) is 4.91. The minimum Gasteiger partial charge on any atom is -0.294 e. The Kier molecular flexibility index (Phi) is 3.44. The summed E-state index contributed by atoms with van der Waals surface area (Å²) >= 11 is 0. The Labute approximate surface area is 93.4 Å². The van der Waals surface area contributed by atoms with Crippen molar-refractivity contribution in [3.63, 3.8) is 0 Å². The van der Waals surface area contributed by atoms with E-state index in [0.29, 0.717) is 0 Å². The van der Waals surface area contributed by atoms with Crippen LogP contribution in [-0.2, 0) is 11.3 Å². The van der Waals surface area contributed by atoms with Crippen LogP contribution in [0.3, 0.4) is 0 Å². The zero-order valence-electron chi connectivity index (χ0n) is 9.65. The van der Waals surface area contributed by atoms with E-state index in [1.165, 1.54) is 10.7 Å². The molecule has 0 aliphatic heterocycles. The molecule has 16 heavy (non-hydrogen) atoms. The van der Waals surface area contributed by atoms with Crippen LogP contribution in [0.5, 0.6) is 0 Å². The molecule has 1 amide bonds. The van der Waals surface area contributed by atoms with E-state index in [1.54, 1.807) is 27.0 Å². The molecule has 1 heterocycles. The normalized spacial score (nSPS) is 11.2. The second kappa shape index (κ2) is 4.44. The maximum atomic E-state index is 11.6. The van der Waals surface area contributed by atoms with E-state index in [1.807, 2.05) is 0 Å². The Morgan fingerprint density at radius 3 is 2.75 bits per heavy atom. The van der Waals surface area contributed by atoms with Crippen LogP contribution in [0, 0.1) is 12.3 Å². The van der Waals surface area contributed by atoms with E-state index in [-0.39, 0.29) is 18.0 Å². The minimum atomic E-state index is -0.777. The summed E-state index contributed by atoms with van der Waals surface area (Å²) in [5.41, 5.74) is 1.87. The maximum Gasteiger partial charge on any atom is 0.267 e. The van der Waals surface area contributed by atoms with Gasteiger partial charge in [-0.15, -0.1) is 0 Å². The zero-order valence-corrected chi connectivity index (χ0v) is 9.65. The lowest BCUT2D eigenvalue weighted by molar-refractivity contribution is -0.130. The van der Waals surface area contributed by atoms with Crippen molar-refractivity contribution >= 4 is 5.91 Å². The quantitative estimate of drug-likeness (QED) is 0.414. The van der Waals surface area contributed by atoms with Crippen LogP contribution in [0.4, 0.5) is 0 Å². The minimum absolute atomic E-state index is 0.190. The summed E-state index contributed by atoms with van der Waals surface area (Å²) in [6.07, 6.45) is 1.58. The van der Waals surface area contributed by atoms with E-state index >= 15 is 0 Å². The molecule has 1 rings (SSSR count). The lowest BCUT2D eigenvalue weighted by Crippen LogP contribution is -2.44. The van der Waals surface area contributed by atoms with Crippen LogP contribution in [0.1, 0.15) is 19.4 Å². The predicted molar refractivity (Wildman–Crippen MR) is 59.3 cm³/mol. The Balaban J connectivity index is 2.97. The maximum absolute atomic E-state index is 11.6. The van der Waals surface area contributed by atoms with Crippen molar-refractivity contribution in [3.8, 4) is 0 Å². The molecular formula is C10H16N4O2. The van der Waals surface area contributed by atoms with Crippen molar-refractivity contribution in [3.05, 3.63) is 28.2 Å². The van der Waals surface area contributed by atoms with Gasteiger partial charge in [0.25, 0.3) is 5.56 Å². The Morgan fingerprint density at radius 1 is 1.62 bits per heavy atom. The fourth-order valence-electron chi connectivity index (χ4n) is 1.28. The number of rotatable bonds is 3. The second-order valence-electron chi connectivity index (χ2n) is 4.39. The third kappa shape index (κ3) is 2.66. The molecule has 0 saturated heterocycles. The average Bonchev–Trinajstić information content (AvgIpc) is 2.21. The van der Waals surface area contributed by atoms with Gasteiger partial charge in [-0.2, -0.15) is 5.10 Å². The third-order valence-corrected chi connectivity index (χ3v) is 2.30. The highest BCUT2D eigenvalue weighted by atomic mass is 16.2. The van der Waals surface area contributed by atoms with Crippen LogP contribution in [0.25, 0.3) is 0 Å². The number of nitrogens with zero attached hydrogens (tertiary/aromatic N) is 2. The number of hydrazine groups is 1. The van der Waals surface area contributed by atoms with Gasteiger partial charge in [-0.1, -0.05) is 0 Å². The molecule has 6 heteroatoms. The summed E-state index contributed by atoms with van der Waals surface area (Å²) in [4.78, 5) is 23.0. The van der Waals surface area contributed by atoms with E-state index in [2.05, 4.69) is 10.5 Å². The summed E-state index contributed by atoms with van der Waals surface area (Å²) in [6.45, 7) is 5.37. The van der Waals surface area contributed by atoms with Crippen molar-refractivity contribution in [1.82, 2.24) is 15.2 Å². The van der Waals surface area contributed by atoms with Crippen LogP contribution >= 0.6 is 0 Å². The molecule has 0 aromatic carbocycles. The number of nitrogens with two attached hydrogens (primary N) is 1. The first-order valence-electron chi connectivity index (χ1n) is 4.91. The molecule has 0 atom stereocenters. The molecule has 0 unspecified atom stereocenters. The molecule has 0 radical (unpaired) electrons. The van der Waals surface area contributed by atoms with E-state index in [9.17, 15) is 9.59 Å². The topological polar surface area (TPSA) is 90.0 Å². The van der Waals surface area contributed by atoms with Gasteiger partial charge in [0.2, 0.25) is 5.91 Å². The average molecular weight is 224 g/mol. The lowest BCUT2D eigenvalue weighted by atomic mass is 9.92. The van der Waals surface area contributed by atoms with Crippen LogP contribution in [0.2, 0.25) is 0 Å². The molecule has 0 fully saturated rings. The summed E-state index contributed by atoms with van der Waals surface area (Å²) < 4.78 is 1.25. The smallest absolute Gasteiger partial charge is 0.267 e. The van der Waals surface area contributed by atoms with Gasteiger partial charge < -0.3 is 0 Å². The fourth-order valence-corrected chi connectivity index (χ4v) is 1.28. The lowest BCUT2D eigenvalue weighted by Gasteiger charge is -2.22. The van der Waals surface area contributed by atoms with Crippen LogP contribution in [-0.4, -0.2) is 15.7 Å². The van der Waals surface area contributed by atoms with Crippen molar-refractivity contribution < 1.29 is 4.79 Å². The van der Waals surface area contributed by atoms with Crippen molar-refractivity contribution in [2.75, 3.05) is 0 Å². The highest BCUT2D eigenvalue weighted by Gasteiger charge is 2.28. The number of carbonyl (C=O) groups excluding carboxylic acids is 1. The second-order valence-corrected chi connectivity index (χ2v) is 4.39. The van der Waals surface area contributed by atoms with Gasteiger partial charge in [0.1, 0.15) is 0 Å². The van der Waals surface area contributed by atoms with Crippen LogP contribution < -0.4 is 16.8 Å². The molecule has 0 bridgehead atoms. The van der Waals surface area contributed by atoms with Crippen molar-refractivity contribution in [1.29, 1.82) is 0 Å². The largest absolute Gasteiger partial charge is 0.294 e. The van der Waals surface area contributed by atoms with E-state index < -0.39 is 5.41 Å². The Bertz CT molecular complexity index is 450. The highest BCUT2D eigenvalue weighted by molar-refractivity contribution is 5.81. The molecule has 3 N–H and O–H groups in total. The van der Waals surface area contributed by atoms with Crippen molar-refractivity contribution in [2.24, 2.45) is 11.3 Å². The summed E-state index contributed by atoms with van der Waals surface area (Å²) in [5, 5.41) is 3.96. The molecule has 0 spiro atoms. The number of carbonyl (C=O) groups is 1. The number of amides is 1. The molecule has 1 aromatic rings. The molecule has 0 aliphatic carbocycles. The predicted octanol–water partition coefficient (Wildman–Crippen LogP) is -0.432. The van der Waals surface area contributed by atoms with Gasteiger partial charge in [0, 0.05) is 6.07 Å². The Morgan fingerprint density at radius 2 is 2.25 bits per heavy atom. The number of hydrogen-bond donors (Lipinski definition) is 2. The fraction of sp³-hybridized carbons (Fsp3) is 0.500. The molecule has 0 saturated carbocycles. The first-order chi connectivity index (χ1) is 7.36. The molecular weight excluding hydrogens is 208 g/mol. The highest BCUT2D eigenvalue weighted by Crippen LogP contribution is 2.16. The van der Waals surface area contributed by atoms with E-state index in [4.69, 9.17) is 5.84 Å². The molecule has 0 aliphatic rings.